The van der Waals surface area contributed by atoms with Gasteiger partial charge in [-0.2, -0.15) is 11.8 Å². The minimum atomic E-state index is -0.221. The van der Waals surface area contributed by atoms with Crippen molar-refractivity contribution in [3.63, 3.8) is 0 Å². The number of hydrogen-bond acceptors (Lipinski definition) is 4. The van der Waals surface area contributed by atoms with Gasteiger partial charge < -0.3 is 0 Å². The van der Waals surface area contributed by atoms with Gasteiger partial charge in [0, 0.05) is 6.54 Å². The summed E-state index contributed by atoms with van der Waals surface area (Å²) in [6, 6.07) is -0.221. The van der Waals surface area contributed by atoms with Gasteiger partial charge in [-0.25, -0.2) is 0 Å². The Balaban J connectivity index is 2.36. The number of amides is 2. The lowest BCUT2D eigenvalue weighted by Crippen LogP contribution is -2.57. The third kappa shape index (κ3) is 3.50. The molecule has 0 bridgehead atoms. The lowest BCUT2D eigenvalue weighted by molar-refractivity contribution is -0.148. The number of nitrogens with one attached hydrogen (secondary N) is 1. The molecular weight excluding hydrogens is 212 g/mol. The second-order valence-corrected chi connectivity index (χ2v) is 4.93. The number of imide groups is 1. The van der Waals surface area contributed by atoms with Gasteiger partial charge in [-0.3, -0.25) is 19.8 Å². The molecule has 1 heterocycles. The Kier molecular flexibility index (Phi) is 5.11. The van der Waals surface area contributed by atoms with Crippen LogP contribution in [0.5, 0.6) is 0 Å². The van der Waals surface area contributed by atoms with E-state index in [0.29, 0.717) is 6.54 Å². The number of nitrogens with zero attached hydrogens (tertiary/aromatic N) is 1. The zero-order valence-electron chi connectivity index (χ0n) is 9.28. The number of thioether (sulfide) groups is 1. The summed E-state index contributed by atoms with van der Waals surface area (Å²) in [5.41, 5.74) is 0. The van der Waals surface area contributed by atoms with E-state index in [1.165, 1.54) is 4.90 Å². The van der Waals surface area contributed by atoms with Crippen molar-refractivity contribution >= 4 is 23.6 Å². The summed E-state index contributed by atoms with van der Waals surface area (Å²) in [7, 11) is 0. The Morgan fingerprint density at radius 2 is 2.27 bits per heavy atom. The molecule has 1 unspecified atom stereocenters. The molecule has 0 radical (unpaired) electrons. The highest BCUT2D eigenvalue weighted by Crippen LogP contribution is 2.06. The molecule has 1 atom stereocenters. The predicted octanol–water partition coefficient (Wildman–Crippen LogP) is 0.476. The van der Waals surface area contributed by atoms with Crippen LogP contribution in [-0.4, -0.2) is 47.4 Å². The van der Waals surface area contributed by atoms with E-state index in [1.54, 1.807) is 6.92 Å². The van der Waals surface area contributed by atoms with Crippen LogP contribution in [0.4, 0.5) is 0 Å². The number of piperazine rings is 1. The van der Waals surface area contributed by atoms with Crippen LogP contribution in [0.25, 0.3) is 0 Å². The zero-order valence-corrected chi connectivity index (χ0v) is 10.1. The highest BCUT2D eigenvalue weighted by molar-refractivity contribution is 7.99. The van der Waals surface area contributed by atoms with E-state index in [9.17, 15) is 9.59 Å². The minimum Gasteiger partial charge on any atom is -0.298 e. The molecule has 0 aromatic carbocycles. The average molecular weight is 230 g/mol. The number of carbonyl (C=O) groups is 2. The van der Waals surface area contributed by atoms with Crippen molar-refractivity contribution in [3.05, 3.63) is 0 Å². The summed E-state index contributed by atoms with van der Waals surface area (Å²) in [4.78, 5) is 24.5. The van der Waals surface area contributed by atoms with E-state index in [-0.39, 0.29) is 24.4 Å². The smallest absolute Gasteiger partial charge is 0.246 e. The van der Waals surface area contributed by atoms with Gasteiger partial charge in [0.15, 0.2) is 0 Å². The Hall–Kier alpha value is -0.550. The van der Waals surface area contributed by atoms with Crippen LogP contribution in [0.2, 0.25) is 0 Å². The fourth-order valence-electron chi connectivity index (χ4n) is 1.48. The molecule has 0 spiro atoms. The Bertz CT molecular complexity index is 246. The van der Waals surface area contributed by atoms with Gasteiger partial charge in [-0.1, -0.05) is 6.92 Å². The highest BCUT2D eigenvalue weighted by Gasteiger charge is 2.30. The van der Waals surface area contributed by atoms with E-state index in [1.807, 2.05) is 11.8 Å². The molecule has 0 aromatic rings. The lowest BCUT2D eigenvalue weighted by Gasteiger charge is -2.29. The number of carbonyl (C=O) groups excluding carboxylic acids is 2. The van der Waals surface area contributed by atoms with Crippen LogP contribution in [-0.2, 0) is 9.59 Å². The first-order chi connectivity index (χ1) is 7.16. The molecule has 15 heavy (non-hydrogen) atoms. The largest absolute Gasteiger partial charge is 0.298 e. The van der Waals surface area contributed by atoms with E-state index >= 15 is 0 Å². The van der Waals surface area contributed by atoms with Gasteiger partial charge in [0.25, 0.3) is 0 Å². The third-order valence-electron chi connectivity index (χ3n) is 2.37. The van der Waals surface area contributed by atoms with Crippen molar-refractivity contribution in [2.24, 2.45) is 0 Å². The number of rotatable bonds is 5. The maximum atomic E-state index is 11.6. The van der Waals surface area contributed by atoms with Gasteiger partial charge in [-0.05, 0) is 24.9 Å². The van der Waals surface area contributed by atoms with Crippen LogP contribution in [0.15, 0.2) is 0 Å². The maximum Gasteiger partial charge on any atom is 0.246 e. The molecule has 4 nitrogen and oxygen atoms in total. The zero-order chi connectivity index (χ0) is 11.3. The van der Waals surface area contributed by atoms with Crippen LogP contribution in [0.3, 0.4) is 0 Å². The lowest BCUT2D eigenvalue weighted by atomic mass is 10.2. The summed E-state index contributed by atoms with van der Waals surface area (Å²) in [5, 5.41) is 2.87. The van der Waals surface area contributed by atoms with Crippen LogP contribution < -0.4 is 5.32 Å². The molecule has 1 N–H and O–H groups in total. The van der Waals surface area contributed by atoms with Crippen molar-refractivity contribution in [2.75, 3.05) is 24.6 Å². The monoisotopic (exact) mass is 230 g/mol. The van der Waals surface area contributed by atoms with Crippen molar-refractivity contribution in [3.8, 4) is 0 Å². The summed E-state index contributed by atoms with van der Waals surface area (Å²) in [6.07, 6.45) is 0.892. The quantitative estimate of drug-likeness (QED) is 0.551. The van der Waals surface area contributed by atoms with Gasteiger partial charge in [0.05, 0.1) is 12.6 Å². The Labute approximate surface area is 94.8 Å². The first-order valence-electron chi connectivity index (χ1n) is 5.32. The molecule has 0 aromatic heterocycles. The molecule has 1 rings (SSSR count). The first-order valence-corrected chi connectivity index (χ1v) is 6.47. The summed E-state index contributed by atoms with van der Waals surface area (Å²) >= 11 is 1.84. The van der Waals surface area contributed by atoms with Gasteiger partial charge in [0.1, 0.15) is 0 Å². The Morgan fingerprint density at radius 3 is 2.93 bits per heavy atom. The van der Waals surface area contributed by atoms with Crippen molar-refractivity contribution in [2.45, 2.75) is 26.3 Å². The van der Waals surface area contributed by atoms with Crippen molar-refractivity contribution < 1.29 is 9.59 Å². The second kappa shape index (κ2) is 6.12. The SMILES string of the molecule is CCSCCCN1C(=O)CNC(C)C1=O. The molecule has 2 amide bonds. The average Bonchev–Trinajstić information content (AvgIpc) is 2.23. The van der Waals surface area contributed by atoms with Crippen LogP contribution in [0, 0.1) is 0 Å². The fourth-order valence-corrected chi connectivity index (χ4v) is 2.11. The molecule has 1 aliphatic rings. The summed E-state index contributed by atoms with van der Waals surface area (Å²) in [5.74, 6) is 1.90. The van der Waals surface area contributed by atoms with E-state index in [4.69, 9.17) is 0 Å². The maximum absolute atomic E-state index is 11.6. The second-order valence-electron chi connectivity index (χ2n) is 3.54. The fraction of sp³-hybridized carbons (Fsp3) is 0.800. The minimum absolute atomic E-state index is 0.0900. The molecule has 0 aliphatic carbocycles. The molecule has 0 saturated carbocycles. The first kappa shape index (κ1) is 12.5. The van der Waals surface area contributed by atoms with Crippen molar-refractivity contribution in [1.29, 1.82) is 0 Å². The molecular formula is C10H18N2O2S. The van der Waals surface area contributed by atoms with Gasteiger partial charge in [0.2, 0.25) is 11.8 Å². The van der Waals surface area contributed by atoms with Crippen molar-refractivity contribution in [1.82, 2.24) is 10.2 Å². The van der Waals surface area contributed by atoms with Gasteiger partial charge in [-0.15, -0.1) is 0 Å². The number of hydrogen-bond donors (Lipinski definition) is 1. The Morgan fingerprint density at radius 1 is 1.53 bits per heavy atom. The standard InChI is InChI=1S/C10H18N2O2S/c1-3-15-6-4-5-12-9(13)7-11-8(2)10(12)14/h8,11H,3-7H2,1-2H3. The van der Waals surface area contributed by atoms with Crippen LogP contribution >= 0.6 is 11.8 Å². The molecule has 86 valence electrons. The molecule has 1 saturated heterocycles. The van der Waals surface area contributed by atoms with Crippen LogP contribution in [0.1, 0.15) is 20.3 Å². The van der Waals surface area contributed by atoms with E-state index in [0.717, 1.165) is 17.9 Å². The summed E-state index contributed by atoms with van der Waals surface area (Å²) < 4.78 is 0. The van der Waals surface area contributed by atoms with E-state index < -0.39 is 0 Å². The molecule has 1 fully saturated rings. The third-order valence-corrected chi connectivity index (χ3v) is 3.36. The topological polar surface area (TPSA) is 49.4 Å². The molecule has 1 aliphatic heterocycles. The molecule has 5 heteroatoms. The van der Waals surface area contributed by atoms with Gasteiger partial charge >= 0.3 is 0 Å². The predicted molar refractivity (Wildman–Crippen MR) is 61.8 cm³/mol. The normalized spacial score (nSPS) is 22.3. The summed E-state index contributed by atoms with van der Waals surface area (Å²) in [6.45, 7) is 4.75. The van der Waals surface area contributed by atoms with E-state index in [2.05, 4.69) is 12.2 Å². The highest BCUT2D eigenvalue weighted by atomic mass is 32.2.